The first-order valence-corrected chi connectivity index (χ1v) is 5.54. The monoisotopic (exact) mass is 224 g/mol. The normalized spacial score (nSPS) is 12.8. The molecule has 0 aliphatic rings. The van der Waals surface area contributed by atoms with Gasteiger partial charge < -0.3 is 16.2 Å². The summed E-state index contributed by atoms with van der Waals surface area (Å²) in [7, 11) is 0. The summed E-state index contributed by atoms with van der Waals surface area (Å²) >= 11 is 0. The van der Waals surface area contributed by atoms with E-state index in [1.165, 1.54) is 6.33 Å². The minimum absolute atomic E-state index is 0.158. The highest BCUT2D eigenvalue weighted by molar-refractivity contribution is 5.56. The van der Waals surface area contributed by atoms with E-state index in [4.69, 9.17) is 10.8 Å². The molecule has 5 nitrogen and oxygen atoms in total. The van der Waals surface area contributed by atoms with Gasteiger partial charge in [0.25, 0.3) is 0 Å². The Kier molecular flexibility index (Phi) is 4.49. The van der Waals surface area contributed by atoms with Gasteiger partial charge in [0.2, 0.25) is 0 Å². The number of hydrogen-bond acceptors (Lipinski definition) is 5. The van der Waals surface area contributed by atoms with E-state index in [2.05, 4.69) is 29.1 Å². The molecule has 0 fully saturated rings. The lowest BCUT2D eigenvalue weighted by Crippen LogP contribution is -2.19. The molecule has 1 aromatic rings. The van der Waals surface area contributed by atoms with E-state index in [0.29, 0.717) is 12.2 Å². The van der Waals surface area contributed by atoms with Gasteiger partial charge in [-0.2, -0.15) is 0 Å². The maximum atomic E-state index is 8.85. The van der Waals surface area contributed by atoms with E-state index in [1.54, 1.807) is 0 Å². The number of nitrogen functional groups attached to an aromatic ring is 1. The van der Waals surface area contributed by atoms with Crippen molar-refractivity contribution < 1.29 is 5.11 Å². The second-order valence-corrected chi connectivity index (χ2v) is 4.23. The predicted octanol–water partition coefficient (Wildman–Crippen LogP) is 1.37. The number of nitrogens with two attached hydrogens (primary N) is 1. The number of hydrogen-bond donors (Lipinski definition) is 3. The third-order valence-corrected chi connectivity index (χ3v) is 2.44. The van der Waals surface area contributed by atoms with Crippen LogP contribution in [0.5, 0.6) is 0 Å². The molecule has 0 saturated heterocycles. The molecule has 1 heterocycles. The first-order chi connectivity index (χ1) is 7.56. The SMILES string of the molecule is CC(CCO)Nc1ncnc(N)c1C(C)C. The Morgan fingerprint density at radius 1 is 1.38 bits per heavy atom. The highest BCUT2D eigenvalue weighted by Crippen LogP contribution is 2.26. The number of anilines is 2. The van der Waals surface area contributed by atoms with E-state index < -0.39 is 0 Å². The van der Waals surface area contributed by atoms with E-state index in [0.717, 1.165) is 11.4 Å². The van der Waals surface area contributed by atoms with Crippen LogP contribution in [0.25, 0.3) is 0 Å². The zero-order chi connectivity index (χ0) is 12.1. The van der Waals surface area contributed by atoms with Crippen LogP contribution >= 0.6 is 0 Å². The van der Waals surface area contributed by atoms with Crippen LogP contribution in [0.15, 0.2) is 6.33 Å². The van der Waals surface area contributed by atoms with Crippen LogP contribution in [0.3, 0.4) is 0 Å². The second-order valence-electron chi connectivity index (χ2n) is 4.23. The summed E-state index contributed by atoms with van der Waals surface area (Å²) in [6.07, 6.45) is 2.14. The molecule has 1 aromatic heterocycles. The fraction of sp³-hybridized carbons (Fsp3) is 0.636. The lowest BCUT2D eigenvalue weighted by atomic mass is 10.0. The molecule has 0 amide bonds. The lowest BCUT2D eigenvalue weighted by molar-refractivity contribution is 0.282. The minimum atomic E-state index is 0.158. The van der Waals surface area contributed by atoms with Gasteiger partial charge in [-0.15, -0.1) is 0 Å². The van der Waals surface area contributed by atoms with Crippen molar-refractivity contribution in [1.82, 2.24) is 9.97 Å². The van der Waals surface area contributed by atoms with Crippen molar-refractivity contribution in [3.8, 4) is 0 Å². The Bertz CT molecular complexity index is 341. The predicted molar refractivity (Wildman–Crippen MR) is 65.3 cm³/mol. The first-order valence-electron chi connectivity index (χ1n) is 5.54. The molecule has 0 aliphatic carbocycles. The molecule has 16 heavy (non-hydrogen) atoms. The summed E-state index contributed by atoms with van der Waals surface area (Å²) in [6, 6.07) is 0.164. The highest BCUT2D eigenvalue weighted by Gasteiger charge is 2.14. The van der Waals surface area contributed by atoms with Crippen LogP contribution in [0, 0.1) is 0 Å². The molecule has 0 radical (unpaired) electrons. The van der Waals surface area contributed by atoms with Crippen LogP contribution < -0.4 is 11.1 Å². The summed E-state index contributed by atoms with van der Waals surface area (Å²) in [5.74, 6) is 1.55. The quantitative estimate of drug-likeness (QED) is 0.703. The van der Waals surface area contributed by atoms with Crippen molar-refractivity contribution in [2.24, 2.45) is 0 Å². The number of nitrogens with one attached hydrogen (secondary N) is 1. The van der Waals surface area contributed by atoms with E-state index >= 15 is 0 Å². The van der Waals surface area contributed by atoms with E-state index in [9.17, 15) is 0 Å². The number of aliphatic hydroxyl groups excluding tert-OH is 1. The maximum absolute atomic E-state index is 8.85. The molecular formula is C11H20N4O. The minimum Gasteiger partial charge on any atom is -0.396 e. The summed E-state index contributed by atoms with van der Waals surface area (Å²) in [5.41, 5.74) is 6.77. The van der Waals surface area contributed by atoms with E-state index in [1.807, 2.05) is 6.92 Å². The Morgan fingerprint density at radius 3 is 2.62 bits per heavy atom. The van der Waals surface area contributed by atoms with Gasteiger partial charge in [-0.3, -0.25) is 0 Å². The standard InChI is InChI=1S/C11H20N4O/c1-7(2)9-10(12)13-6-14-11(9)15-8(3)4-5-16/h6-8,16H,4-5H2,1-3H3,(H3,12,13,14,15). The van der Waals surface area contributed by atoms with Gasteiger partial charge >= 0.3 is 0 Å². The van der Waals surface area contributed by atoms with Gasteiger partial charge in [-0.1, -0.05) is 13.8 Å². The lowest BCUT2D eigenvalue weighted by Gasteiger charge is -2.18. The zero-order valence-electron chi connectivity index (χ0n) is 10.1. The van der Waals surface area contributed by atoms with Crippen molar-refractivity contribution in [3.05, 3.63) is 11.9 Å². The number of nitrogens with zero attached hydrogens (tertiary/aromatic N) is 2. The second kappa shape index (κ2) is 5.65. The smallest absolute Gasteiger partial charge is 0.135 e. The molecule has 0 spiro atoms. The fourth-order valence-electron chi connectivity index (χ4n) is 1.59. The van der Waals surface area contributed by atoms with Gasteiger partial charge in [0.15, 0.2) is 0 Å². The van der Waals surface area contributed by atoms with Gasteiger partial charge in [-0.05, 0) is 19.3 Å². The Hall–Kier alpha value is -1.36. The molecule has 1 unspecified atom stereocenters. The topological polar surface area (TPSA) is 84.1 Å². The van der Waals surface area contributed by atoms with Crippen molar-refractivity contribution in [2.45, 2.75) is 39.2 Å². The molecule has 4 N–H and O–H groups in total. The largest absolute Gasteiger partial charge is 0.396 e. The molecule has 0 saturated carbocycles. The molecule has 90 valence electrons. The molecular weight excluding hydrogens is 204 g/mol. The van der Waals surface area contributed by atoms with Gasteiger partial charge in [0.1, 0.15) is 18.0 Å². The van der Waals surface area contributed by atoms with Gasteiger partial charge in [0.05, 0.1) is 0 Å². The van der Waals surface area contributed by atoms with Crippen molar-refractivity contribution in [1.29, 1.82) is 0 Å². The Balaban J connectivity index is 2.90. The number of aromatic nitrogens is 2. The molecule has 5 heteroatoms. The average molecular weight is 224 g/mol. The van der Waals surface area contributed by atoms with Crippen LogP contribution in [0.2, 0.25) is 0 Å². The molecule has 0 aromatic carbocycles. The van der Waals surface area contributed by atoms with Gasteiger partial charge in [-0.25, -0.2) is 9.97 Å². The third kappa shape index (κ3) is 3.06. The van der Waals surface area contributed by atoms with Crippen LogP contribution in [0.1, 0.15) is 38.7 Å². The number of aliphatic hydroxyl groups is 1. The molecule has 0 aliphatic heterocycles. The summed E-state index contributed by atoms with van der Waals surface area (Å²) in [6.45, 7) is 6.26. The van der Waals surface area contributed by atoms with Crippen LogP contribution in [-0.2, 0) is 0 Å². The molecule has 1 rings (SSSR count). The van der Waals surface area contributed by atoms with Crippen LogP contribution in [0.4, 0.5) is 11.6 Å². The van der Waals surface area contributed by atoms with Crippen molar-refractivity contribution >= 4 is 11.6 Å². The Morgan fingerprint density at radius 2 is 2.06 bits per heavy atom. The fourth-order valence-corrected chi connectivity index (χ4v) is 1.59. The molecule has 0 bridgehead atoms. The Labute approximate surface area is 96.1 Å². The average Bonchev–Trinajstić information content (AvgIpc) is 2.17. The van der Waals surface area contributed by atoms with Crippen LogP contribution in [-0.4, -0.2) is 27.7 Å². The van der Waals surface area contributed by atoms with Crippen molar-refractivity contribution in [2.75, 3.05) is 17.7 Å². The summed E-state index contributed by atoms with van der Waals surface area (Å²) in [5, 5.41) is 12.1. The van der Waals surface area contributed by atoms with Gasteiger partial charge in [0, 0.05) is 18.2 Å². The summed E-state index contributed by atoms with van der Waals surface area (Å²) in [4.78, 5) is 8.19. The summed E-state index contributed by atoms with van der Waals surface area (Å²) < 4.78 is 0. The third-order valence-electron chi connectivity index (χ3n) is 2.44. The van der Waals surface area contributed by atoms with E-state index in [-0.39, 0.29) is 18.6 Å². The highest BCUT2D eigenvalue weighted by atomic mass is 16.3. The maximum Gasteiger partial charge on any atom is 0.135 e. The first kappa shape index (κ1) is 12.7. The zero-order valence-corrected chi connectivity index (χ0v) is 10.1. The molecule has 1 atom stereocenters. The van der Waals surface area contributed by atoms with Crippen molar-refractivity contribution in [3.63, 3.8) is 0 Å². The number of rotatable bonds is 5.